The minimum Gasteiger partial charge on any atom is -0.0465 e. The quantitative estimate of drug-likeness (QED) is 0.439. The Morgan fingerprint density at radius 1 is 0.625 bits per heavy atom. The van der Waals surface area contributed by atoms with Crippen molar-refractivity contribution in [3.8, 4) is 0 Å². The lowest BCUT2D eigenvalue weighted by atomic mass is 9.81. The summed E-state index contributed by atoms with van der Waals surface area (Å²) in [6, 6.07) is 0. The molecule has 4 rings (SSSR count). The van der Waals surface area contributed by atoms with Crippen LogP contribution in [-0.4, -0.2) is 0 Å². The van der Waals surface area contributed by atoms with Gasteiger partial charge in [0, 0.05) is 0 Å². The molecular weight excluding hydrogens is 96.1 g/mol. The first-order valence-corrected chi connectivity index (χ1v) is 3.97. The highest BCUT2D eigenvalue weighted by molar-refractivity contribution is 5.26. The van der Waals surface area contributed by atoms with Gasteiger partial charge in [0.2, 0.25) is 0 Å². The molecule has 0 N–H and O–H groups in total. The first kappa shape index (κ1) is 3.24. The van der Waals surface area contributed by atoms with Gasteiger partial charge in [-0.25, -0.2) is 0 Å². The highest BCUT2D eigenvalue weighted by Gasteiger charge is 2.78. The van der Waals surface area contributed by atoms with Crippen molar-refractivity contribution >= 4 is 0 Å². The molecule has 0 saturated heterocycles. The van der Waals surface area contributed by atoms with Gasteiger partial charge in [-0.2, -0.15) is 0 Å². The van der Waals surface area contributed by atoms with Crippen LogP contribution in [0.15, 0.2) is 0 Å². The minimum absolute atomic E-state index is 1.27. The molecule has 4 fully saturated rings. The lowest BCUT2D eigenvalue weighted by Crippen LogP contribution is -2.17. The van der Waals surface area contributed by atoms with Gasteiger partial charge < -0.3 is 0 Å². The van der Waals surface area contributed by atoms with Crippen LogP contribution in [0, 0.1) is 35.5 Å². The molecule has 4 aliphatic rings. The molecule has 8 heavy (non-hydrogen) atoms. The molecule has 4 aliphatic carbocycles. The minimum atomic E-state index is 1.27. The summed E-state index contributed by atoms with van der Waals surface area (Å²) in [7, 11) is 0. The highest BCUT2D eigenvalue weighted by Crippen LogP contribution is 2.84. The SMILES string of the molecule is C1C2C1C1C3CC2C31. The van der Waals surface area contributed by atoms with Crippen molar-refractivity contribution in [3.63, 3.8) is 0 Å². The molecule has 0 radical (unpaired) electrons. The molecule has 0 heterocycles. The van der Waals surface area contributed by atoms with Crippen molar-refractivity contribution in [2.45, 2.75) is 12.8 Å². The average Bonchev–Trinajstić information content (AvgIpc) is 2.47. The van der Waals surface area contributed by atoms with Gasteiger partial charge in [-0.15, -0.1) is 0 Å². The summed E-state index contributed by atoms with van der Waals surface area (Å²) in [6.07, 6.45) is 3.29. The predicted octanol–water partition coefficient (Wildman–Crippen LogP) is 1.52. The monoisotopic (exact) mass is 106 g/mol. The van der Waals surface area contributed by atoms with E-state index < -0.39 is 0 Å². The van der Waals surface area contributed by atoms with Crippen LogP contribution in [-0.2, 0) is 0 Å². The van der Waals surface area contributed by atoms with Gasteiger partial charge in [-0.05, 0) is 48.3 Å². The van der Waals surface area contributed by atoms with Crippen molar-refractivity contribution in [1.29, 1.82) is 0 Å². The molecule has 0 amide bonds. The molecule has 0 aromatic rings. The van der Waals surface area contributed by atoms with Crippen LogP contribution < -0.4 is 0 Å². The molecule has 0 aliphatic heterocycles. The first-order valence-electron chi connectivity index (χ1n) is 3.97. The van der Waals surface area contributed by atoms with Crippen molar-refractivity contribution in [2.24, 2.45) is 35.5 Å². The van der Waals surface area contributed by atoms with E-state index in [1.807, 2.05) is 0 Å². The smallest absolute Gasteiger partial charge is 0.0318 e. The van der Waals surface area contributed by atoms with Crippen molar-refractivity contribution < 1.29 is 0 Å². The molecule has 42 valence electrons. The fourth-order valence-electron chi connectivity index (χ4n) is 3.85. The summed E-state index contributed by atoms with van der Waals surface area (Å²) in [5.41, 5.74) is 0. The fraction of sp³-hybridized carbons (Fsp3) is 1.00. The van der Waals surface area contributed by atoms with E-state index in [4.69, 9.17) is 0 Å². The topological polar surface area (TPSA) is 0 Å². The zero-order valence-electron chi connectivity index (χ0n) is 4.88. The summed E-state index contributed by atoms with van der Waals surface area (Å²) < 4.78 is 0. The zero-order valence-corrected chi connectivity index (χ0v) is 4.88. The summed E-state index contributed by atoms with van der Waals surface area (Å²) in [6.45, 7) is 0. The second-order valence-corrected chi connectivity index (χ2v) is 4.28. The van der Waals surface area contributed by atoms with E-state index in [0.29, 0.717) is 0 Å². The van der Waals surface area contributed by atoms with Gasteiger partial charge in [0.1, 0.15) is 0 Å². The van der Waals surface area contributed by atoms with E-state index in [1.165, 1.54) is 35.5 Å². The maximum Gasteiger partial charge on any atom is -0.0318 e. The number of hydrogen-bond acceptors (Lipinski definition) is 0. The summed E-state index contributed by atoms with van der Waals surface area (Å²) in [4.78, 5) is 0. The Labute approximate surface area is 49.3 Å². The van der Waals surface area contributed by atoms with Gasteiger partial charge in [0.25, 0.3) is 0 Å². The predicted molar refractivity (Wildman–Crippen MR) is 30.2 cm³/mol. The van der Waals surface area contributed by atoms with Gasteiger partial charge in [-0.3, -0.25) is 0 Å². The maximum atomic E-state index is 1.65. The standard InChI is InChI=1S/C8H10/c1-3-4(1)7-6-2-5(3)8(6)7/h3-8H,1-2H2. The third-order valence-electron chi connectivity index (χ3n) is 4.27. The average molecular weight is 106 g/mol. The van der Waals surface area contributed by atoms with E-state index in [2.05, 4.69) is 0 Å². The van der Waals surface area contributed by atoms with Crippen molar-refractivity contribution in [1.82, 2.24) is 0 Å². The molecule has 5 unspecified atom stereocenters. The zero-order chi connectivity index (χ0) is 4.88. The molecule has 0 aromatic heterocycles. The second-order valence-electron chi connectivity index (χ2n) is 4.28. The third-order valence-corrected chi connectivity index (χ3v) is 4.27. The summed E-state index contributed by atoms with van der Waals surface area (Å²) in [5.74, 6) is 7.71. The van der Waals surface area contributed by atoms with Gasteiger partial charge in [0.05, 0.1) is 0 Å². The second kappa shape index (κ2) is 0.630. The van der Waals surface area contributed by atoms with Crippen LogP contribution in [0.3, 0.4) is 0 Å². The number of rotatable bonds is 0. The highest BCUT2D eigenvalue weighted by atomic mass is 14.8. The Bertz CT molecular complexity index is 159. The number of fused-ring (bicyclic) bond motifs is 4. The Kier molecular flexibility index (Phi) is 0.255. The normalized spacial score (nSPS) is 87.0. The fourth-order valence-corrected chi connectivity index (χ4v) is 3.85. The number of hydrogen-bond donors (Lipinski definition) is 0. The Hall–Kier alpha value is 0. The van der Waals surface area contributed by atoms with Crippen molar-refractivity contribution in [2.75, 3.05) is 0 Å². The maximum absolute atomic E-state index is 1.65. The summed E-state index contributed by atoms with van der Waals surface area (Å²) in [5, 5.41) is 0. The lowest BCUT2D eigenvalue weighted by molar-refractivity contribution is 0.247. The molecule has 0 bridgehead atoms. The molecule has 0 aromatic carbocycles. The van der Waals surface area contributed by atoms with Crippen LogP contribution in [0.25, 0.3) is 0 Å². The van der Waals surface area contributed by atoms with Gasteiger partial charge in [0.15, 0.2) is 0 Å². The van der Waals surface area contributed by atoms with Crippen LogP contribution in [0.2, 0.25) is 0 Å². The van der Waals surface area contributed by atoms with Crippen LogP contribution in [0.5, 0.6) is 0 Å². The van der Waals surface area contributed by atoms with E-state index in [9.17, 15) is 0 Å². The van der Waals surface area contributed by atoms with E-state index in [0.717, 1.165) is 0 Å². The Balaban J connectivity index is 1.98. The van der Waals surface area contributed by atoms with Gasteiger partial charge in [-0.1, -0.05) is 0 Å². The van der Waals surface area contributed by atoms with Crippen LogP contribution in [0.4, 0.5) is 0 Å². The van der Waals surface area contributed by atoms with E-state index >= 15 is 0 Å². The van der Waals surface area contributed by atoms with Gasteiger partial charge >= 0.3 is 0 Å². The third kappa shape index (κ3) is 0.146. The van der Waals surface area contributed by atoms with E-state index in [1.54, 1.807) is 12.8 Å². The van der Waals surface area contributed by atoms with Crippen molar-refractivity contribution in [3.05, 3.63) is 0 Å². The molecule has 0 nitrogen and oxygen atoms in total. The van der Waals surface area contributed by atoms with Crippen LogP contribution >= 0.6 is 0 Å². The summed E-state index contributed by atoms with van der Waals surface area (Å²) >= 11 is 0. The molecule has 0 heteroatoms. The molecule has 0 spiro atoms. The lowest BCUT2D eigenvalue weighted by Gasteiger charge is -2.24. The molecule has 4 saturated carbocycles. The largest absolute Gasteiger partial charge is 0.0465 e. The Morgan fingerprint density at radius 3 is 1.75 bits per heavy atom. The molecular formula is C8H10. The van der Waals surface area contributed by atoms with E-state index in [-0.39, 0.29) is 0 Å². The first-order chi connectivity index (χ1) is 3.97. The molecule has 5 atom stereocenters. The van der Waals surface area contributed by atoms with Crippen LogP contribution in [0.1, 0.15) is 12.8 Å². The Morgan fingerprint density at radius 2 is 1.25 bits per heavy atom.